The molecule has 2 aromatic heterocycles. The van der Waals surface area contributed by atoms with E-state index in [2.05, 4.69) is 15.5 Å². The number of benzene rings is 2. The van der Waals surface area contributed by atoms with Crippen molar-refractivity contribution in [2.24, 2.45) is 0 Å². The van der Waals surface area contributed by atoms with Gasteiger partial charge in [0.1, 0.15) is 11.0 Å². The minimum Gasteiger partial charge on any atom is -0.469 e. The molecular formula is C24H24N4O2S. The van der Waals surface area contributed by atoms with Crippen LogP contribution in [-0.2, 0) is 11.3 Å². The highest BCUT2D eigenvalue weighted by molar-refractivity contribution is 8.00. The van der Waals surface area contributed by atoms with Crippen LogP contribution in [0.4, 0.5) is 5.69 Å². The first-order chi connectivity index (χ1) is 15.1. The molecule has 0 spiro atoms. The summed E-state index contributed by atoms with van der Waals surface area (Å²) in [4.78, 5) is 13.3. The largest absolute Gasteiger partial charge is 0.469 e. The van der Waals surface area contributed by atoms with Gasteiger partial charge >= 0.3 is 0 Å². The molecule has 4 aromatic rings. The average Bonchev–Trinajstić information content (AvgIpc) is 3.39. The van der Waals surface area contributed by atoms with Crippen molar-refractivity contribution in [2.75, 3.05) is 5.32 Å². The van der Waals surface area contributed by atoms with E-state index in [1.165, 1.54) is 11.8 Å². The van der Waals surface area contributed by atoms with Crippen LogP contribution >= 0.6 is 11.8 Å². The molecule has 1 amide bonds. The predicted molar refractivity (Wildman–Crippen MR) is 123 cm³/mol. The van der Waals surface area contributed by atoms with Crippen LogP contribution in [0.5, 0.6) is 0 Å². The molecule has 2 heterocycles. The lowest BCUT2D eigenvalue weighted by atomic mass is 10.1. The van der Waals surface area contributed by atoms with Crippen molar-refractivity contribution in [3.8, 4) is 11.4 Å². The molecule has 0 saturated carbocycles. The van der Waals surface area contributed by atoms with Crippen molar-refractivity contribution in [2.45, 2.75) is 37.7 Å². The fraction of sp³-hybridized carbons (Fsp3) is 0.208. The maximum Gasteiger partial charge on any atom is 0.242 e. The first kappa shape index (κ1) is 20.9. The van der Waals surface area contributed by atoms with E-state index in [-0.39, 0.29) is 5.91 Å². The summed E-state index contributed by atoms with van der Waals surface area (Å²) in [5, 5.41) is 12.0. The summed E-state index contributed by atoms with van der Waals surface area (Å²) in [5.74, 6) is 1.42. The average molecular weight is 433 g/mol. The summed E-state index contributed by atoms with van der Waals surface area (Å²) >= 11 is 1.39. The minimum atomic E-state index is -0.477. The van der Waals surface area contributed by atoms with Gasteiger partial charge in [-0.05, 0) is 44.5 Å². The molecule has 1 N–H and O–H groups in total. The molecule has 0 fully saturated rings. The SMILES string of the molecule is CCn1c(SC(C(=O)Nc2ccc(C)cc2)c2ccccc2)nnc1-c1ccoc1C. The quantitative estimate of drug-likeness (QED) is 0.382. The maximum absolute atomic E-state index is 13.3. The van der Waals surface area contributed by atoms with Gasteiger partial charge in [-0.1, -0.05) is 59.8 Å². The lowest BCUT2D eigenvalue weighted by molar-refractivity contribution is -0.115. The summed E-state index contributed by atoms with van der Waals surface area (Å²) in [6.07, 6.45) is 1.65. The fourth-order valence-electron chi connectivity index (χ4n) is 3.33. The molecule has 0 radical (unpaired) electrons. The fourth-order valence-corrected chi connectivity index (χ4v) is 4.43. The number of rotatable bonds is 7. The van der Waals surface area contributed by atoms with Crippen LogP contribution in [0.15, 0.2) is 76.5 Å². The molecule has 6 nitrogen and oxygen atoms in total. The van der Waals surface area contributed by atoms with Crippen LogP contribution < -0.4 is 5.32 Å². The standard InChI is InChI=1S/C24H24N4O2S/c1-4-28-22(20-14-15-30-17(20)3)26-27-24(28)31-21(18-8-6-5-7-9-18)23(29)25-19-12-10-16(2)11-13-19/h5-15,21H,4H2,1-3H3,(H,25,29). The Labute approximate surface area is 185 Å². The first-order valence-electron chi connectivity index (χ1n) is 10.1. The van der Waals surface area contributed by atoms with E-state index in [0.29, 0.717) is 11.7 Å². The number of nitrogens with zero attached hydrogens (tertiary/aromatic N) is 3. The van der Waals surface area contributed by atoms with Crippen molar-refractivity contribution in [1.29, 1.82) is 0 Å². The van der Waals surface area contributed by atoms with Crippen LogP contribution in [0.3, 0.4) is 0 Å². The van der Waals surface area contributed by atoms with E-state index in [1.54, 1.807) is 6.26 Å². The second-order valence-electron chi connectivity index (χ2n) is 7.20. The van der Waals surface area contributed by atoms with Gasteiger partial charge in [-0.3, -0.25) is 4.79 Å². The van der Waals surface area contributed by atoms with Gasteiger partial charge in [-0.15, -0.1) is 10.2 Å². The summed E-state index contributed by atoms with van der Waals surface area (Å²) in [7, 11) is 0. The van der Waals surface area contributed by atoms with Crippen molar-refractivity contribution in [3.05, 3.63) is 83.8 Å². The molecule has 0 aliphatic heterocycles. The Morgan fingerprint density at radius 3 is 2.45 bits per heavy atom. The number of hydrogen-bond donors (Lipinski definition) is 1. The molecule has 7 heteroatoms. The van der Waals surface area contributed by atoms with E-state index < -0.39 is 5.25 Å². The van der Waals surface area contributed by atoms with Crippen molar-refractivity contribution in [1.82, 2.24) is 14.8 Å². The highest BCUT2D eigenvalue weighted by atomic mass is 32.2. The number of carbonyl (C=O) groups is 1. The predicted octanol–water partition coefficient (Wildman–Crippen LogP) is 5.65. The number of thioether (sulfide) groups is 1. The zero-order valence-electron chi connectivity index (χ0n) is 17.7. The smallest absolute Gasteiger partial charge is 0.242 e. The zero-order valence-corrected chi connectivity index (χ0v) is 18.5. The second-order valence-corrected chi connectivity index (χ2v) is 8.28. The molecule has 2 aromatic carbocycles. The molecule has 31 heavy (non-hydrogen) atoms. The number of carbonyl (C=O) groups excluding carboxylic acids is 1. The van der Waals surface area contributed by atoms with Crippen molar-refractivity contribution >= 4 is 23.4 Å². The Morgan fingerprint density at radius 1 is 1.06 bits per heavy atom. The summed E-state index contributed by atoms with van der Waals surface area (Å²) in [5.41, 5.74) is 3.72. The molecule has 0 bridgehead atoms. The summed E-state index contributed by atoms with van der Waals surface area (Å²) < 4.78 is 7.45. The van der Waals surface area contributed by atoms with Gasteiger partial charge in [0, 0.05) is 12.2 Å². The van der Waals surface area contributed by atoms with E-state index in [0.717, 1.165) is 34.0 Å². The van der Waals surface area contributed by atoms with Gasteiger partial charge in [0.15, 0.2) is 11.0 Å². The molecule has 158 valence electrons. The first-order valence-corrected chi connectivity index (χ1v) is 11.0. The minimum absolute atomic E-state index is 0.105. The number of furan rings is 1. The van der Waals surface area contributed by atoms with E-state index in [1.807, 2.05) is 86.0 Å². The molecule has 1 unspecified atom stereocenters. The van der Waals surface area contributed by atoms with Gasteiger partial charge in [0.05, 0.1) is 11.8 Å². The number of aromatic nitrogens is 3. The Kier molecular flexibility index (Phi) is 6.23. The number of amides is 1. The Hall–Kier alpha value is -3.32. The molecule has 0 aliphatic carbocycles. The number of hydrogen-bond acceptors (Lipinski definition) is 5. The highest BCUT2D eigenvalue weighted by Crippen LogP contribution is 2.37. The van der Waals surface area contributed by atoms with E-state index in [9.17, 15) is 4.79 Å². The van der Waals surface area contributed by atoms with Gasteiger partial charge in [-0.25, -0.2) is 0 Å². The third-order valence-corrected chi connectivity index (χ3v) is 6.25. The Balaban J connectivity index is 1.66. The zero-order chi connectivity index (χ0) is 21.8. The molecule has 1 atom stereocenters. The van der Waals surface area contributed by atoms with Crippen LogP contribution in [0.2, 0.25) is 0 Å². The van der Waals surface area contributed by atoms with E-state index >= 15 is 0 Å². The number of nitrogens with one attached hydrogen (secondary N) is 1. The van der Waals surface area contributed by atoms with Gasteiger partial charge in [-0.2, -0.15) is 0 Å². The number of aryl methyl sites for hydroxylation is 2. The Bertz CT molecular complexity index is 1170. The van der Waals surface area contributed by atoms with Gasteiger partial charge < -0.3 is 14.3 Å². The highest BCUT2D eigenvalue weighted by Gasteiger charge is 2.26. The van der Waals surface area contributed by atoms with Crippen molar-refractivity contribution in [3.63, 3.8) is 0 Å². The lowest BCUT2D eigenvalue weighted by Crippen LogP contribution is -2.19. The lowest BCUT2D eigenvalue weighted by Gasteiger charge is -2.17. The summed E-state index contributed by atoms with van der Waals surface area (Å²) in [6.45, 7) is 6.64. The number of anilines is 1. The Morgan fingerprint density at radius 2 is 1.81 bits per heavy atom. The molecule has 0 saturated heterocycles. The third-order valence-electron chi connectivity index (χ3n) is 5.02. The molecule has 4 rings (SSSR count). The third kappa shape index (κ3) is 4.56. The molecular weight excluding hydrogens is 408 g/mol. The van der Waals surface area contributed by atoms with Crippen LogP contribution in [0.25, 0.3) is 11.4 Å². The van der Waals surface area contributed by atoms with Crippen molar-refractivity contribution < 1.29 is 9.21 Å². The monoisotopic (exact) mass is 432 g/mol. The van der Waals surface area contributed by atoms with Gasteiger partial charge in [0.25, 0.3) is 0 Å². The second kappa shape index (κ2) is 9.22. The maximum atomic E-state index is 13.3. The van der Waals surface area contributed by atoms with Crippen LogP contribution in [-0.4, -0.2) is 20.7 Å². The van der Waals surface area contributed by atoms with Crippen LogP contribution in [0, 0.1) is 13.8 Å². The van der Waals surface area contributed by atoms with E-state index in [4.69, 9.17) is 4.42 Å². The molecule has 0 aliphatic rings. The summed E-state index contributed by atoms with van der Waals surface area (Å²) in [6, 6.07) is 19.4. The normalized spacial score (nSPS) is 12.0. The topological polar surface area (TPSA) is 73.0 Å². The van der Waals surface area contributed by atoms with Gasteiger partial charge in [0.2, 0.25) is 5.91 Å². The van der Waals surface area contributed by atoms with Crippen LogP contribution in [0.1, 0.15) is 29.1 Å².